The molecule has 0 fully saturated rings. The normalized spacial score (nSPS) is 10.5. The van der Waals surface area contributed by atoms with Crippen molar-refractivity contribution in [3.63, 3.8) is 0 Å². The van der Waals surface area contributed by atoms with Crippen LogP contribution in [-0.2, 0) is 4.79 Å². The van der Waals surface area contributed by atoms with Crippen molar-refractivity contribution in [1.29, 1.82) is 0 Å². The smallest absolute Gasteiger partial charge is 0.268 e. The molecule has 0 aromatic heterocycles. The van der Waals surface area contributed by atoms with Crippen LogP contribution in [0, 0.1) is 15.9 Å². The molecular weight excluding hydrogens is 353 g/mol. The van der Waals surface area contributed by atoms with Gasteiger partial charge in [0.05, 0.1) is 4.92 Å². The molecule has 2 amide bonds. The molecule has 0 aliphatic carbocycles. The minimum absolute atomic E-state index is 0.0156. The van der Waals surface area contributed by atoms with Crippen molar-refractivity contribution in [2.75, 3.05) is 0 Å². The van der Waals surface area contributed by atoms with E-state index in [1.54, 1.807) is 0 Å². The number of amides is 2. The van der Waals surface area contributed by atoms with E-state index < -0.39 is 22.6 Å². The van der Waals surface area contributed by atoms with Crippen LogP contribution in [0.25, 0.3) is 6.08 Å². The summed E-state index contributed by atoms with van der Waals surface area (Å²) in [5, 5.41) is 10.8. The predicted octanol–water partition coefficient (Wildman–Crippen LogP) is 2.86. The highest BCUT2D eigenvalue weighted by atomic mass is 35.5. The van der Waals surface area contributed by atoms with Gasteiger partial charge in [0.2, 0.25) is 0 Å². The first-order valence-electron chi connectivity index (χ1n) is 6.85. The van der Waals surface area contributed by atoms with Crippen molar-refractivity contribution >= 4 is 35.2 Å². The molecule has 0 aliphatic heterocycles. The van der Waals surface area contributed by atoms with Gasteiger partial charge in [-0.25, -0.2) is 4.39 Å². The zero-order valence-corrected chi connectivity index (χ0v) is 13.3. The largest absolute Gasteiger partial charge is 0.288 e. The molecule has 128 valence electrons. The van der Waals surface area contributed by atoms with Crippen LogP contribution in [0.2, 0.25) is 5.02 Å². The van der Waals surface area contributed by atoms with Gasteiger partial charge in [-0.15, -0.1) is 0 Å². The summed E-state index contributed by atoms with van der Waals surface area (Å²) in [7, 11) is 0. The van der Waals surface area contributed by atoms with Crippen LogP contribution in [0.1, 0.15) is 15.9 Å². The highest BCUT2D eigenvalue weighted by Gasteiger charge is 2.12. The first-order valence-corrected chi connectivity index (χ1v) is 7.22. The summed E-state index contributed by atoms with van der Waals surface area (Å²) in [6, 6.07) is 8.81. The zero-order chi connectivity index (χ0) is 18.4. The fourth-order valence-electron chi connectivity index (χ4n) is 1.78. The van der Waals surface area contributed by atoms with Crippen LogP contribution in [0.4, 0.5) is 10.1 Å². The fourth-order valence-corrected chi connectivity index (χ4v) is 1.97. The second-order valence-electron chi connectivity index (χ2n) is 4.75. The maximum absolute atomic E-state index is 12.8. The summed E-state index contributed by atoms with van der Waals surface area (Å²) in [6.45, 7) is 0. The lowest BCUT2D eigenvalue weighted by Crippen LogP contribution is -2.40. The van der Waals surface area contributed by atoms with Crippen LogP contribution in [0.15, 0.2) is 48.5 Å². The lowest BCUT2D eigenvalue weighted by atomic mass is 10.2. The Hall–Kier alpha value is -3.26. The average Bonchev–Trinajstić information content (AvgIpc) is 2.59. The van der Waals surface area contributed by atoms with Gasteiger partial charge in [0.15, 0.2) is 0 Å². The van der Waals surface area contributed by atoms with Crippen LogP contribution in [0.3, 0.4) is 0 Å². The minimum atomic E-state index is -0.659. The molecule has 0 heterocycles. The highest BCUT2D eigenvalue weighted by molar-refractivity contribution is 6.32. The van der Waals surface area contributed by atoms with E-state index in [1.165, 1.54) is 36.4 Å². The quantitative estimate of drug-likeness (QED) is 0.495. The van der Waals surface area contributed by atoms with Crippen molar-refractivity contribution in [3.8, 4) is 0 Å². The molecule has 2 rings (SSSR count). The van der Waals surface area contributed by atoms with Gasteiger partial charge in [0.25, 0.3) is 17.5 Å². The van der Waals surface area contributed by atoms with Crippen molar-refractivity contribution in [1.82, 2.24) is 10.9 Å². The maximum Gasteiger partial charge on any atom is 0.288 e. The first-order chi connectivity index (χ1) is 11.9. The molecule has 0 aliphatic rings. The van der Waals surface area contributed by atoms with E-state index in [-0.39, 0.29) is 16.3 Å². The Bertz CT molecular complexity index is 853. The summed E-state index contributed by atoms with van der Waals surface area (Å²) in [5.74, 6) is -1.77. The number of nitrogens with one attached hydrogen (secondary N) is 2. The number of benzene rings is 2. The molecule has 0 unspecified atom stereocenters. The van der Waals surface area contributed by atoms with Gasteiger partial charge in [-0.2, -0.15) is 0 Å². The second-order valence-corrected chi connectivity index (χ2v) is 5.16. The van der Waals surface area contributed by atoms with E-state index in [2.05, 4.69) is 10.9 Å². The Balaban J connectivity index is 1.95. The summed E-state index contributed by atoms with van der Waals surface area (Å²) in [6.07, 6.45) is 2.40. The summed E-state index contributed by atoms with van der Waals surface area (Å²) >= 11 is 5.69. The van der Waals surface area contributed by atoms with Crippen molar-refractivity contribution in [2.45, 2.75) is 0 Å². The molecular formula is C16H11ClFN3O4. The van der Waals surface area contributed by atoms with E-state index in [0.717, 1.165) is 18.2 Å². The standard InChI is InChI=1S/C16H11ClFN3O4/c17-13-7-1-10(9-14(13)21(24)25)2-8-15(22)19-20-16(23)11-3-5-12(18)6-4-11/h1-9H,(H,19,22)(H,20,23)/b8-2+. The van der Waals surface area contributed by atoms with E-state index in [1.807, 2.05) is 0 Å². The molecule has 0 saturated carbocycles. The number of hydrogen-bond acceptors (Lipinski definition) is 4. The average molecular weight is 364 g/mol. The number of rotatable bonds is 4. The van der Waals surface area contributed by atoms with Gasteiger partial charge in [0, 0.05) is 17.7 Å². The summed E-state index contributed by atoms with van der Waals surface area (Å²) < 4.78 is 12.8. The second kappa shape index (κ2) is 8.02. The molecule has 0 bridgehead atoms. The molecule has 7 nitrogen and oxygen atoms in total. The molecule has 0 spiro atoms. The van der Waals surface area contributed by atoms with Gasteiger partial charge in [-0.3, -0.25) is 30.6 Å². The Morgan fingerprint density at radius 2 is 1.80 bits per heavy atom. The van der Waals surface area contributed by atoms with Gasteiger partial charge < -0.3 is 0 Å². The number of carbonyl (C=O) groups excluding carboxylic acids is 2. The Kier molecular flexibility index (Phi) is 5.80. The molecule has 0 radical (unpaired) electrons. The van der Waals surface area contributed by atoms with Crippen LogP contribution in [0.5, 0.6) is 0 Å². The maximum atomic E-state index is 12.8. The van der Waals surface area contributed by atoms with E-state index >= 15 is 0 Å². The molecule has 2 N–H and O–H groups in total. The van der Waals surface area contributed by atoms with Crippen LogP contribution >= 0.6 is 11.6 Å². The predicted molar refractivity (Wildman–Crippen MR) is 89.1 cm³/mol. The molecule has 25 heavy (non-hydrogen) atoms. The number of nitrogens with zero attached hydrogens (tertiary/aromatic N) is 1. The van der Waals surface area contributed by atoms with E-state index in [0.29, 0.717) is 5.56 Å². The molecule has 0 saturated heterocycles. The minimum Gasteiger partial charge on any atom is -0.268 e. The molecule has 0 atom stereocenters. The Labute approximate surface area is 146 Å². The van der Waals surface area contributed by atoms with E-state index in [9.17, 15) is 24.1 Å². The van der Waals surface area contributed by atoms with Crippen molar-refractivity contribution < 1.29 is 18.9 Å². The number of hydrazine groups is 1. The monoisotopic (exact) mass is 363 g/mol. The van der Waals surface area contributed by atoms with Gasteiger partial charge in [0.1, 0.15) is 10.8 Å². The third-order valence-corrected chi connectivity index (χ3v) is 3.32. The summed E-state index contributed by atoms with van der Waals surface area (Å²) in [4.78, 5) is 33.5. The van der Waals surface area contributed by atoms with Crippen molar-refractivity contribution in [2.24, 2.45) is 0 Å². The van der Waals surface area contributed by atoms with Gasteiger partial charge >= 0.3 is 0 Å². The molecule has 2 aromatic carbocycles. The van der Waals surface area contributed by atoms with Crippen molar-refractivity contribution in [3.05, 3.63) is 80.6 Å². The number of nitro benzene ring substituents is 1. The Morgan fingerprint density at radius 3 is 2.44 bits per heavy atom. The third kappa shape index (κ3) is 5.11. The summed E-state index contributed by atoms with van der Waals surface area (Å²) in [5.41, 5.74) is 4.55. The number of hydrogen-bond donors (Lipinski definition) is 2. The number of nitro groups is 1. The zero-order valence-electron chi connectivity index (χ0n) is 12.5. The lowest BCUT2D eigenvalue weighted by Gasteiger charge is -2.05. The Morgan fingerprint density at radius 1 is 1.12 bits per heavy atom. The number of halogens is 2. The van der Waals surface area contributed by atoms with E-state index in [4.69, 9.17) is 11.6 Å². The lowest BCUT2D eigenvalue weighted by molar-refractivity contribution is -0.384. The SMILES string of the molecule is O=C(/C=C/c1ccc(Cl)c([N+](=O)[O-])c1)NNC(=O)c1ccc(F)cc1. The van der Waals surface area contributed by atoms with Gasteiger partial charge in [-0.1, -0.05) is 17.7 Å². The number of carbonyl (C=O) groups is 2. The van der Waals surface area contributed by atoms with Crippen LogP contribution < -0.4 is 10.9 Å². The highest BCUT2D eigenvalue weighted by Crippen LogP contribution is 2.25. The van der Waals surface area contributed by atoms with Crippen LogP contribution in [-0.4, -0.2) is 16.7 Å². The fraction of sp³-hybridized carbons (Fsp3) is 0. The molecule has 9 heteroatoms. The first kappa shape index (κ1) is 18.1. The topological polar surface area (TPSA) is 101 Å². The third-order valence-electron chi connectivity index (χ3n) is 3.00. The molecule has 2 aromatic rings. The van der Waals surface area contributed by atoms with Gasteiger partial charge in [-0.05, 0) is 42.0 Å².